The van der Waals surface area contributed by atoms with Crippen LogP contribution in [0.2, 0.25) is 0 Å². The fourth-order valence-corrected chi connectivity index (χ4v) is 5.13. The van der Waals surface area contributed by atoms with Crippen molar-refractivity contribution in [1.29, 1.82) is 0 Å². The SMILES string of the molecule is O=C=NC1(NC(=O)C2Cc3ccccc3N2)CCc2ccccc2N1NC(=O)c1ccc2ccccc2n1. The summed E-state index contributed by atoms with van der Waals surface area (Å²) in [5.41, 5.74) is 7.22. The molecule has 9 heteroatoms. The number of rotatable bonds is 5. The maximum atomic E-state index is 13.5. The highest BCUT2D eigenvalue weighted by molar-refractivity contribution is 5.96. The van der Waals surface area contributed by atoms with Gasteiger partial charge in [-0.05, 0) is 41.8 Å². The van der Waals surface area contributed by atoms with Gasteiger partial charge in [-0.25, -0.2) is 14.8 Å². The number of aliphatic imine (C=N–C) groups is 1. The van der Waals surface area contributed by atoms with Crippen LogP contribution in [-0.2, 0) is 22.4 Å². The number of carbonyl (C=O) groups excluding carboxylic acids is 3. The van der Waals surface area contributed by atoms with Crippen molar-refractivity contribution in [2.24, 2.45) is 4.99 Å². The molecule has 9 nitrogen and oxygen atoms in total. The van der Waals surface area contributed by atoms with Gasteiger partial charge < -0.3 is 10.6 Å². The molecular formula is C29H24N6O3. The second kappa shape index (κ2) is 9.46. The van der Waals surface area contributed by atoms with Crippen molar-refractivity contribution in [1.82, 2.24) is 15.7 Å². The first-order valence-corrected chi connectivity index (χ1v) is 12.4. The number of isocyanates is 1. The van der Waals surface area contributed by atoms with Gasteiger partial charge in [-0.1, -0.05) is 60.7 Å². The number of fused-ring (bicyclic) bond motifs is 3. The number of anilines is 2. The number of nitrogens with zero attached hydrogens (tertiary/aromatic N) is 3. The van der Waals surface area contributed by atoms with E-state index in [0.29, 0.717) is 24.0 Å². The van der Waals surface area contributed by atoms with Gasteiger partial charge in [0.05, 0.1) is 11.2 Å². The number of hydrogen-bond donors (Lipinski definition) is 3. The van der Waals surface area contributed by atoms with E-state index in [1.54, 1.807) is 12.1 Å². The van der Waals surface area contributed by atoms with Gasteiger partial charge in [0.1, 0.15) is 11.7 Å². The van der Waals surface area contributed by atoms with E-state index in [0.717, 1.165) is 22.2 Å². The Kier molecular flexibility index (Phi) is 5.82. The van der Waals surface area contributed by atoms with E-state index in [2.05, 4.69) is 26.0 Å². The molecule has 2 amide bonds. The minimum absolute atomic E-state index is 0.190. The summed E-state index contributed by atoms with van der Waals surface area (Å²) in [7, 11) is 0. The first kappa shape index (κ1) is 23.4. The van der Waals surface area contributed by atoms with Gasteiger partial charge >= 0.3 is 0 Å². The highest BCUT2D eigenvalue weighted by Gasteiger charge is 2.45. The van der Waals surface area contributed by atoms with Crippen molar-refractivity contribution in [3.8, 4) is 0 Å². The molecule has 3 N–H and O–H groups in total. The number of aryl methyl sites for hydroxylation is 1. The first-order chi connectivity index (χ1) is 18.6. The van der Waals surface area contributed by atoms with Crippen LogP contribution in [0.3, 0.4) is 0 Å². The lowest BCUT2D eigenvalue weighted by Crippen LogP contribution is -2.68. The molecule has 0 spiro atoms. The summed E-state index contributed by atoms with van der Waals surface area (Å²) in [5.74, 6) is -2.42. The van der Waals surface area contributed by atoms with Crippen molar-refractivity contribution >= 4 is 40.2 Å². The number of para-hydroxylation sites is 3. The summed E-state index contributed by atoms with van der Waals surface area (Å²) >= 11 is 0. The van der Waals surface area contributed by atoms with Crippen LogP contribution >= 0.6 is 0 Å². The highest BCUT2D eigenvalue weighted by Crippen LogP contribution is 2.36. The van der Waals surface area contributed by atoms with E-state index in [1.807, 2.05) is 78.9 Å². The fraction of sp³-hybridized carbons (Fsp3) is 0.172. The predicted molar refractivity (Wildman–Crippen MR) is 143 cm³/mol. The molecule has 4 aromatic rings. The number of carbonyl (C=O) groups is 2. The Balaban J connectivity index is 1.34. The van der Waals surface area contributed by atoms with E-state index in [9.17, 15) is 14.4 Å². The Morgan fingerprint density at radius 3 is 2.58 bits per heavy atom. The summed E-state index contributed by atoms with van der Waals surface area (Å²) in [6.45, 7) is 0. The van der Waals surface area contributed by atoms with Crippen LogP contribution < -0.4 is 21.1 Å². The normalized spacial score (nSPS) is 19.5. The molecule has 0 fully saturated rings. The van der Waals surface area contributed by atoms with E-state index in [-0.39, 0.29) is 18.0 Å². The molecule has 3 aromatic carbocycles. The van der Waals surface area contributed by atoms with E-state index in [4.69, 9.17) is 0 Å². The molecule has 0 bridgehead atoms. The number of nitrogens with one attached hydrogen (secondary N) is 3. The Bertz CT molecular complexity index is 1590. The Morgan fingerprint density at radius 1 is 0.974 bits per heavy atom. The number of hydrogen-bond acceptors (Lipinski definition) is 7. The molecule has 2 unspecified atom stereocenters. The van der Waals surface area contributed by atoms with Gasteiger partial charge in [0.2, 0.25) is 17.8 Å². The molecule has 38 heavy (non-hydrogen) atoms. The van der Waals surface area contributed by atoms with Crippen molar-refractivity contribution in [3.63, 3.8) is 0 Å². The molecule has 0 saturated heterocycles. The Labute approximate surface area is 218 Å². The van der Waals surface area contributed by atoms with Crippen molar-refractivity contribution < 1.29 is 14.4 Å². The third-order valence-corrected chi connectivity index (χ3v) is 7.03. The molecular weight excluding hydrogens is 480 g/mol. The van der Waals surface area contributed by atoms with Crippen molar-refractivity contribution in [2.75, 3.05) is 10.3 Å². The monoisotopic (exact) mass is 504 g/mol. The summed E-state index contributed by atoms with van der Waals surface area (Å²) in [5, 5.41) is 8.54. The topological polar surface area (TPSA) is 116 Å². The summed E-state index contributed by atoms with van der Waals surface area (Å²) in [4.78, 5) is 47.3. The lowest BCUT2D eigenvalue weighted by molar-refractivity contribution is -0.123. The van der Waals surface area contributed by atoms with Crippen LogP contribution in [0.4, 0.5) is 11.4 Å². The molecule has 1 aromatic heterocycles. The van der Waals surface area contributed by atoms with Crippen LogP contribution in [0.25, 0.3) is 10.9 Å². The van der Waals surface area contributed by atoms with E-state index >= 15 is 0 Å². The van der Waals surface area contributed by atoms with Gasteiger partial charge in [0, 0.05) is 23.9 Å². The van der Waals surface area contributed by atoms with Crippen molar-refractivity contribution in [2.45, 2.75) is 31.1 Å². The number of aromatic nitrogens is 1. The number of pyridine rings is 1. The summed E-state index contributed by atoms with van der Waals surface area (Å²) < 4.78 is 0. The number of benzene rings is 3. The maximum Gasteiger partial charge on any atom is 0.288 e. The Hall–Kier alpha value is -5.01. The molecule has 0 radical (unpaired) electrons. The largest absolute Gasteiger partial charge is 0.373 e. The summed E-state index contributed by atoms with van der Waals surface area (Å²) in [6.07, 6.45) is 2.89. The fourth-order valence-electron chi connectivity index (χ4n) is 5.13. The molecule has 0 aliphatic carbocycles. The van der Waals surface area contributed by atoms with Crippen LogP contribution in [0, 0.1) is 0 Å². The second-order valence-corrected chi connectivity index (χ2v) is 9.36. The second-order valence-electron chi connectivity index (χ2n) is 9.36. The Morgan fingerprint density at radius 2 is 1.74 bits per heavy atom. The van der Waals surface area contributed by atoms with E-state index < -0.39 is 17.7 Å². The molecule has 188 valence electrons. The number of amides is 2. The average Bonchev–Trinajstić information content (AvgIpc) is 3.39. The summed E-state index contributed by atoms with van der Waals surface area (Å²) in [6, 6.07) is 25.6. The van der Waals surface area contributed by atoms with Crippen LogP contribution in [0.15, 0.2) is 89.9 Å². The molecule has 2 aliphatic heterocycles. The third-order valence-electron chi connectivity index (χ3n) is 7.03. The van der Waals surface area contributed by atoms with Gasteiger partial charge in [0.15, 0.2) is 0 Å². The first-order valence-electron chi connectivity index (χ1n) is 12.4. The lowest BCUT2D eigenvalue weighted by Gasteiger charge is -2.45. The quantitative estimate of drug-likeness (QED) is 0.283. The molecule has 2 atom stereocenters. The lowest BCUT2D eigenvalue weighted by atomic mass is 9.97. The molecule has 6 rings (SSSR count). The van der Waals surface area contributed by atoms with Gasteiger partial charge in [-0.15, -0.1) is 0 Å². The zero-order valence-corrected chi connectivity index (χ0v) is 20.3. The van der Waals surface area contributed by atoms with Crippen LogP contribution in [-0.4, -0.2) is 34.7 Å². The minimum atomic E-state index is -1.57. The highest BCUT2D eigenvalue weighted by atomic mass is 16.2. The number of hydrazine groups is 1. The van der Waals surface area contributed by atoms with Gasteiger partial charge in [0.25, 0.3) is 5.91 Å². The molecule has 0 saturated carbocycles. The van der Waals surface area contributed by atoms with Gasteiger partial charge in [-0.3, -0.25) is 15.0 Å². The smallest absolute Gasteiger partial charge is 0.288 e. The average molecular weight is 505 g/mol. The van der Waals surface area contributed by atoms with Crippen molar-refractivity contribution in [3.05, 3.63) is 102 Å². The van der Waals surface area contributed by atoms with Crippen LogP contribution in [0.1, 0.15) is 28.0 Å². The zero-order valence-electron chi connectivity index (χ0n) is 20.3. The van der Waals surface area contributed by atoms with Gasteiger partial charge in [-0.2, -0.15) is 4.99 Å². The maximum absolute atomic E-state index is 13.5. The minimum Gasteiger partial charge on any atom is -0.373 e. The standard InChI is InChI=1S/C29H24N6O3/c36-18-30-29(33-27(37)25-17-21-9-2-5-11-23(21)32-25)16-15-20-8-3-6-12-26(20)35(29)34-28(38)24-14-13-19-7-1-4-10-22(19)31-24/h1-14,25,32H,15-17H2,(H,33,37)(H,34,38). The molecule has 3 heterocycles. The predicted octanol–water partition coefficient (Wildman–Crippen LogP) is 3.48. The zero-order chi connectivity index (χ0) is 26.1. The van der Waals surface area contributed by atoms with E-state index in [1.165, 1.54) is 5.01 Å². The molecule has 2 aliphatic rings. The van der Waals surface area contributed by atoms with Crippen LogP contribution in [0.5, 0.6) is 0 Å². The third kappa shape index (κ3) is 4.15.